The molecule has 0 radical (unpaired) electrons. The van der Waals surface area contributed by atoms with Gasteiger partial charge in [0, 0.05) is 58.2 Å². The lowest BCUT2D eigenvalue weighted by Gasteiger charge is -2.26. The van der Waals surface area contributed by atoms with Gasteiger partial charge in [-0.25, -0.2) is 0 Å². The first-order valence-electron chi connectivity index (χ1n) is 6.41. The number of nitrogens with zero attached hydrogens (tertiary/aromatic N) is 2. The SMILES string of the molecule is CN(C)C(=O)CCCNCCN1CCSCC1. The average Bonchev–Trinajstić information content (AvgIpc) is 2.34. The summed E-state index contributed by atoms with van der Waals surface area (Å²) in [6, 6.07) is 0. The van der Waals surface area contributed by atoms with Crippen molar-refractivity contribution < 1.29 is 4.79 Å². The molecule has 1 saturated heterocycles. The van der Waals surface area contributed by atoms with E-state index in [0.29, 0.717) is 6.42 Å². The molecule has 0 spiro atoms. The second-order valence-electron chi connectivity index (χ2n) is 4.60. The number of thioether (sulfide) groups is 1. The molecule has 1 aliphatic heterocycles. The standard InChI is InChI=1S/C12H25N3OS/c1-14(2)12(16)4-3-5-13-6-7-15-8-10-17-11-9-15/h13H,3-11H2,1-2H3. The predicted octanol–water partition coefficient (Wildman–Crippen LogP) is 0.493. The number of hydrogen-bond donors (Lipinski definition) is 1. The molecule has 0 aromatic carbocycles. The summed E-state index contributed by atoms with van der Waals surface area (Å²) in [5.74, 6) is 2.77. The van der Waals surface area contributed by atoms with Gasteiger partial charge in [0.2, 0.25) is 5.91 Å². The molecule has 17 heavy (non-hydrogen) atoms. The Morgan fingerprint density at radius 3 is 2.65 bits per heavy atom. The molecular formula is C12H25N3OS. The van der Waals surface area contributed by atoms with Crippen LogP contribution in [0.3, 0.4) is 0 Å². The van der Waals surface area contributed by atoms with Gasteiger partial charge in [0.25, 0.3) is 0 Å². The Kier molecular flexibility index (Phi) is 7.64. The fourth-order valence-corrected chi connectivity index (χ4v) is 2.75. The van der Waals surface area contributed by atoms with Gasteiger partial charge < -0.3 is 15.1 Å². The highest BCUT2D eigenvalue weighted by atomic mass is 32.2. The molecule has 100 valence electrons. The molecule has 0 aliphatic carbocycles. The Bertz CT molecular complexity index is 218. The number of carbonyl (C=O) groups is 1. The number of nitrogens with one attached hydrogen (secondary N) is 1. The third-order valence-corrected chi connectivity index (χ3v) is 3.89. The zero-order valence-corrected chi connectivity index (χ0v) is 11.9. The quantitative estimate of drug-likeness (QED) is 0.675. The first kappa shape index (κ1) is 14.8. The van der Waals surface area contributed by atoms with Gasteiger partial charge in [0.15, 0.2) is 0 Å². The van der Waals surface area contributed by atoms with Gasteiger partial charge in [0.05, 0.1) is 0 Å². The molecule has 0 unspecified atom stereocenters. The summed E-state index contributed by atoms with van der Waals surface area (Å²) in [5.41, 5.74) is 0. The van der Waals surface area contributed by atoms with Crippen LogP contribution in [0.5, 0.6) is 0 Å². The lowest BCUT2D eigenvalue weighted by Crippen LogP contribution is -2.38. The highest BCUT2D eigenvalue weighted by Crippen LogP contribution is 2.07. The highest BCUT2D eigenvalue weighted by Gasteiger charge is 2.09. The van der Waals surface area contributed by atoms with Gasteiger partial charge in [-0.05, 0) is 13.0 Å². The molecule has 0 aromatic rings. The van der Waals surface area contributed by atoms with Crippen molar-refractivity contribution in [1.82, 2.24) is 15.1 Å². The second kappa shape index (κ2) is 8.78. The normalized spacial score (nSPS) is 17.1. The van der Waals surface area contributed by atoms with Crippen LogP contribution in [0.2, 0.25) is 0 Å². The van der Waals surface area contributed by atoms with Gasteiger partial charge in [-0.2, -0.15) is 11.8 Å². The van der Waals surface area contributed by atoms with Crippen molar-refractivity contribution in [3.63, 3.8) is 0 Å². The molecule has 1 rings (SSSR count). The monoisotopic (exact) mass is 259 g/mol. The summed E-state index contributed by atoms with van der Waals surface area (Å²) >= 11 is 2.05. The first-order chi connectivity index (χ1) is 8.20. The van der Waals surface area contributed by atoms with Crippen LogP contribution in [0.4, 0.5) is 0 Å². The molecule has 1 heterocycles. The summed E-state index contributed by atoms with van der Waals surface area (Å²) < 4.78 is 0. The molecule has 0 atom stereocenters. The third-order valence-electron chi connectivity index (χ3n) is 2.95. The molecule has 1 N–H and O–H groups in total. The van der Waals surface area contributed by atoms with Gasteiger partial charge in [-0.15, -0.1) is 0 Å². The fourth-order valence-electron chi connectivity index (χ4n) is 1.78. The maximum atomic E-state index is 11.3. The summed E-state index contributed by atoms with van der Waals surface area (Å²) in [5, 5.41) is 3.41. The largest absolute Gasteiger partial charge is 0.349 e. The van der Waals surface area contributed by atoms with Crippen molar-refractivity contribution in [2.75, 3.05) is 58.3 Å². The van der Waals surface area contributed by atoms with E-state index in [-0.39, 0.29) is 5.91 Å². The Labute approximate surface area is 109 Å². The molecule has 0 bridgehead atoms. The first-order valence-corrected chi connectivity index (χ1v) is 7.56. The molecule has 5 heteroatoms. The van der Waals surface area contributed by atoms with Crippen molar-refractivity contribution >= 4 is 17.7 Å². The maximum Gasteiger partial charge on any atom is 0.222 e. The molecule has 0 aromatic heterocycles. The summed E-state index contributed by atoms with van der Waals surface area (Å²) in [7, 11) is 3.62. The third kappa shape index (κ3) is 6.91. The Balaban J connectivity index is 1.88. The summed E-state index contributed by atoms with van der Waals surface area (Å²) in [6.45, 7) is 5.59. The second-order valence-corrected chi connectivity index (χ2v) is 5.82. The van der Waals surface area contributed by atoms with Crippen molar-refractivity contribution in [3.8, 4) is 0 Å². The Hall–Kier alpha value is -0.260. The minimum atomic E-state index is 0.222. The fraction of sp³-hybridized carbons (Fsp3) is 0.917. The highest BCUT2D eigenvalue weighted by molar-refractivity contribution is 7.99. The van der Waals surface area contributed by atoms with E-state index in [4.69, 9.17) is 0 Å². The van der Waals surface area contributed by atoms with Crippen LogP contribution in [0.25, 0.3) is 0 Å². The molecule has 4 nitrogen and oxygen atoms in total. The minimum Gasteiger partial charge on any atom is -0.349 e. The lowest BCUT2D eigenvalue weighted by molar-refractivity contribution is -0.128. The van der Waals surface area contributed by atoms with Gasteiger partial charge in [-0.3, -0.25) is 4.79 Å². The smallest absolute Gasteiger partial charge is 0.222 e. The van der Waals surface area contributed by atoms with E-state index >= 15 is 0 Å². The van der Waals surface area contributed by atoms with Crippen LogP contribution in [0, 0.1) is 0 Å². The topological polar surface area (TPSA) is 35.6 Å². The van der Waals surface area contributed by atoms with Crippen LogP contribution >= 0.6 is 11.8 Å². The van der Waals surface area contributed by atoms with E-state index in [1.54, 1.807) is 4.90 Å². The molecule has 1 fully saturated rings. The zero-order chi connectivity index (χ0) is 12.5. The number of hydrogen-bond acceptors (Lipinski definition) is 4. The molecule has 0 saturated carbocycles. The van der Waals surface area contributed by atoms with Gasteiger partial charge in [0.1, 0.15) is 0 Å². The Morgan fingerprint density at radius 1 is 1.29 bits per heavy atom. The molecule has 1 aliphatic rings. The Morgan fingerprint density at radius 2 is 2.00 bits per heavy atom. The number of carbonyl (C=O) groups excluding carboxylic acids is 1. The van der Waals surface area contributed by atoms with Crippen LogP contribution in [-0.4, -0.2) is 74.0 Å². The van der Waals surface area contributed by atoms with Crippen LogP contribution < -0.4 is 5.32 Å². The molecule has 1 amide bonds. The van der Waals surface area contributed by atoms with Crippen LogP contribution in [0.1, 0.15) is 12.8 Å². The maximum absolute atomic E-state index is 11.3. The van der Waals surface area contributed by atoms with Crippen molar-refractivity contribution in [2.45, 2.75) is 12.8 Å². The number of rotatable bonds is 7. The summed E-state index contributed by atoms with van der Waals surface area (Å²) in [4.78, 5) is 15.5. The van der Waals surface area contributed by atoms with E-state index in [9.17, 15) is 4.79 Å². The number of amides is 1. The average molecular weight is 259 g/mol. The van der Waals surface area contributed by atoms with Gasteiger partial charge in [-0.1, -0.05) is 0 Å². The predicted molar refractivity (Wildman–Crippen MR) is 74.6 cm³/mol. The van der Waals surface area contributed by atoms with Crippen molar-refractivity contribution in [2.24, 2.45) is 0 Å². The van der Waals surface area contributed by atoms with Crippen molar-refractivity contribution in [1.29, 1.82) is 0 Å². The van der Waals surface area contributed by atoms with Crippen LogP contribution in [-0.2, 0) is 4.79 Å². The molecular weight excluding hydrogens is 234 g/mol. The zero-order valence-electron chi connectivity index (χ0n) is 11.1. The van der Waals surface area contributed by atoms with E-state index in [0.717, 1.165) is 26.1 Å². The van der Waals surface area contributed by atoms with Crippen LogP contribution in [0.15, 0.2) is 0 Å². The van der Waals surface area contributed by atoms with E-state index < -0.39 is 0 Å². The van der Waals surface area contributed by atoms with Gasteiger partial charge >= 0.3 is 0 Å². The van der Waals surface area contributed by atoms with E-state index in [2.05, 4.69) is 10.2 Å². The summed E-state index contributed by atoms with van der Waals surface area (Å²) in [6.07, 6.45) is 1.59. The van der Waals surface area contributed by atoms with Crippen molar-refractivity contribution in [3.05, 3.63) is 0 Å². The minimum absolute atomic E-state index is 0.222. The van der Waals surface area contributed by atoms with E-state index in [1.165, 1.54) is 24.6 Å². The lowest BCUT2D eigenvalue weighted by atomic mass is 10.3. The van der Waals surface area contributed by atoms with E-state index in [1.807, 2.05) is 25.9 Å².